The third-order valence-corrected chi connectivity index (χ3v) is 3.53. The topological polar surface area (TPSA) is 43.8 Å². The molecular formula is C12H21N3. The zero-order valence-electron chi connectivity index (χ0n) is 9.79. The van der Waals surface area contributed by atoms with Gasteiger partial charge in [0.25, 0.3) is 0 Å². The zero-order valence-corrected chi connectivity index (χ0v) is 9.79. The number of imidazole rings is 1. The third kappa shape index (κ3) is 1.93. The van der Waals surface area contributed by atoms with Crippen molar-refractivity contribution in [2.45, 2.75) is 44.9 Å². The lowest BCUT2D eigenvalue weighted by molar-refractivity contribution is 0.636. The Hall–Kier alpha value is -0.830. The van der Waals surface area contributed by atoms with Crippen LogP contribution in [0.2, 0.25) is 0 Å². The predicted molar refractivity (Wildman–Crippen MR) is 61.9 cm³/mol. The van der Waals surface area contributed by atoms with Crippen LogP contribution < -0.4 is 5.73 Å². The molecule has 1 fully saturated rings. The van der Waals surface area contributed by atoms with Gasteiger partial charge in [0.1, 0.15) is 5.82 Å². The van der Waals surface area contributed by atoms with Crippen LogP contribution >= 0.6 is 0 Å². The van der Waals surface area contributed by atoms with Crippen molar-refractivity contribution in [1.29, 1.82) is 0 Å². The average Bonchev–Trinajstić information content (AvgIpc) is 2.77. The normalized spacial score (nSPS) is 17.5. The van der Waals surface area contributed by atoms with Gasteiger partial charge in [-0.2, -0.15) is 0 Å². The highest BCUT2D eigenvalue weighted by Gasteiger charge is 2.23. The zero-order chi connectivity index (χ0) is 10.8. The van der Waals surface area contributed by atoms with E-state index in [0.717, 1.165) is 18.2 Å². The molecule has 0 aromatic carbocycles. The number of hydrogen-bond acceptors (Lipinski definition) is 2. The lowest BCUT2D eigenvalue weighted by Crippen LogP contribution is -2.10. The van der Waals surface area contributed by atoms with E-state index in [1.54, 1.807) is 0 Å². The summed E-state index contributed by atoms with van der Waals surface area (Å²) in [6.07, 6.45) is 6.32. The summed E-state index contributed by atoms with van der Waals surface area (Å²) in [4.78, 5) is 4.63. The van der Waals surface area contributed by atoms with E-state index in [1.807, 2.05) is 0 Å². The number of hydrogen-bond donors (Lipinski definition) is 1. The number of rotatable bonds is 3. The Morgan fingerprint density at radius 3 is 2.67 bits per heavy atom. The Balaban J connectivity index is 2.29. The Morgan fingerprint density at radius 2 is 2.07 bits per heavy atom. The van der Waals surface area contributed by atoms with Crippen LogP contribution in [0.1, 0.15) is 48.8 Å². The summed E-state index contributed by atoms with van der Waals surface area (Å²) in [6.45, 7) is 2.82. The van der Waals surface area contributed by atoms with E-state index in [1.165, 1.54) is 37.1 Å². The molecule has 0 radical (unpaired) electrons. The van der Waals surface area contributed by atoms with Gasteiger partial charge in [-0.3, -0.25) is 0 Å². The standard InChI is InChI=1S/C12H21N3/c1-9-12(10-5-3-4-6-10)15(2)11(14-9)7-8-13/h10H,3-8,13H2,1-2H3. The first-order valence-electron chi connectivity index (χ1n) is 5.96. The molecule has 3 nitrogen and oxygen atoms in total. The second kappa shape index (κ2) is 4.35. The molecule has 2 rings (SSSR count). The van der Waals surface area contributed by atoms with E-state index in [0.29, 0.717) is 6.54 Å². The number of aromatic nitrogens is 2. The summed E-state index contributed by atoms with van der Waals surface area (Å²) in [5.41, 5.74) is 8.26. The van der Waals surface area contributed by atoms with Crippen LogP contribution in [-0.2, 0) is 13.5 Å². The summed E-state index contributed by atoms with van der Waals surface area (Å²) in [5.74, 6) is 1.89. The van der Waals surface area contributed by atoms with Gasteiger partial charge in [-0.1, -0.05) is 12.8 Å². The van der Waals surface area contributed by atoms with E-state index < -0.39 is 0 Å². The Bertz CT molecular complexity index is 335. The van der Waals surface area contributed by atoms with Crippen LogP contribution in [0.4, 0.5) is 0 Å². The molecule has 1 aromatic heterocycles. The fourth-order valence-corrected chi connectivity index (χ4v) is 2.83. The largest absolute Gasteiger partial charge is 0.335 e. The third-order valence-electron chi connectivity index (χ3n) is 3.53. The maximum absolute atomic E-state index is 5.59. The fraction of sp³-hybridized carbons (Fsp3) is 0.750. The quantitative estimate of drug-likeness (QED) is 0.822. The SMILES string of the molecule is Cc1nc(CCN)n(C)c1C1CCCC1. The molecular weight excluding hydrogens is 186 g/mol. The van der Waals surface area contributed by atoms with Crippen molar-refractivity contribution in [3.63, 3.8) is 0 Å². The minimum Gasteiger partial charge on any atom is -0.335 e. The first-order valence-corrected chi connectivity index (χ1v) is 5.96. The lowest BCUT2D eigenvalue weighted by atomic mass is 10.0. The van der Waals surface area contributed by atoms with Gasteiger partial charge in [-0.15, -0.1) is 0 Å². The van der Waals surface area contributed by atoms with Crippen molar-refractivity contribution in [3.8, 4) is 0 Å². The molecule has 1 aliphatic carbocycles. The van der Waals surface area contributed by atoms with E-state index in [4.69, 9.17) is 5.73 Å². The molecule has 0 atom stereocenters. The first-order chi connectivity index (χ1) is 7.24. The summed E-state index contributed by atoms with van der Waals surface area (Å²) in [6, 6.07) is 0. The van der Waals surface area contributed by atoms with Crippen LogP contribution in [0, 0.1) is 6.92 Å². The number of nitrogens with zero attached hydrogens (tertiary/aromatic N) is 2. The monoisotopic (exact) mass is 207 g/mol. The van der Waals surface area contributed by atoms with Crippen molar-refractivity contribution >= 4 is 0 Å². The van der Waals surface area contributed by atoms with Crippen LogP contribution in [0.15, 0.2) is 0 Å². The van der Waals surface area contributed by atoms with Gasteiger partial charge in [-0.25, -0.2) is 4.98 Å². The van der Waals surface area contributed by atoms with Crippen molar-refractivity contribution in [3.05, 3.63) is 17.2 Å². The van der Waals surface area contributed by atoms with Crippen LogP contribution in [-0.4, -0.2) is 16.1 Å². The van der Waals surface area contributed by atoms with Gasteiger partial charge in [0.2, 0.25) is 0 Å². The minimum atomic E-state index is 0.689. The van der Waals surface area contributed by atoms with Crippen molar-refractivity contribution < 1.29 is 0 Å². The molecule has 3 heteroatoms. The van der Waals surface area contributed by atoms with Crippen LogP contribution in [0.5, 0.6) is 0 Å². The fourth-order valence-electron chi connectivity index (χ4n) is 2.83. The van der Waals surface area contributed by atoms with Crippen LogP contribution in [0.3, 0.4) is 0 Å². The number of nitrogens with two attached hydrogens (primary N) is 1. The molecule has 0 aliphatic heterocycles. The van der Waals surface area contributed by atoms with Gasteiger partial charge in [0.05, 0.1) is 5.69 Å². The van der Waals surface area contributed by atoms with Gasteiger partial charge < -0.3 is 10.3 Å². The average molecular weight is 207 g/mol. The van der Waals surface area contributed by atoms with Gasteiger partial charge in [-0.05, 0) is 26.3 Å². The maximum Gasteiger partial charge on any atom is 0.110 e. The molecule has 1 heterocycles. The molecule has 0 spiro atoms. The lowest BCUT2D eigenvalue weighted by Gasteiger charge is -2.12. The Morgan fingerprint density at radius 1 is 1.40 bits per heavy atom. The Kier molecular flexibility index (Phi) is 3.10. The molecule has 1 saturated carbocycles. The van der Waals surface area contributed by atoms with E-state index in [-0.39, 0.29) is 0 Å². The molecule has 84 valence electrons. The van der Waals surface area contributed by atoms with E-state index >= 15 is 0 Å². The van der Waals surface area contributed by atoms with E-state index in [2.05, 4.69) is 23.5 Å². The maximum atomic E-state index is 5.59. The summed E-state index contributed by atoms with van der Waals surface area (Å²) in [7, 11) is 2.14. The second-order valence-corrected chi connectivity index (χ2v) is 4.58. The molecule has 15 heavy (non-hydrogen) atoms. The molecule has 1 aromatic rings. The molecule has 1 aliphatic rings. The molecule has 0 bridgehead atoms. The summed E-state index contributed by atoms with van der Waals surface area (Å²) < 4.78 is 2.28. The van der Waals surface area contributed by atoms with Gasteiger partial charge >= 0.3 is 0 Å². The van der Waals surface area contributed by atoms with Crippen molar-refractivity contribution in [1.82, 2.24) is 9.55 Å². The molecule has 0 amide bonds. The highest BCUT2D eigenvalue weighted by Crippen LogP contribution is 2.35. The van der Waals surface area contributed by atoms with Crippen molar-refractivity contribution in [2.75, 3.05) is 6.54 Å². The molecule has 0 unspecified atom stereocenters. The number of aryl methyl sites for hydroxylation is 1. The molecule has 2 N–H and O–H groups in total. The highest BCUT2D eigenvalue weighted by molar-refractivity contribution is 5.21. The molecule has 0 saturated heterocycles. The van der Waals surface area contributed by atoms with Gasteiger partial charge in [0.15, 0.2) is 0 Å². The predicted octanol–water partition coefficient (Wildman–Crippen LogP) is 1.89. The van der Waals surface area contributed by atoms with Crippen LogP contribution in [0.25, 0.3) is 0 Å². The highest BCUT2D eigenvalue weighted by atomic mass is 15.1. The van der Waals surface area contributed by atoms with Crippen molar-refractivity contribution in [2.24, 2.45) is 12.8 Å². The van der Waals surface area contributed by atoms with Gasteiger partial charge in [0, 0.05) is 25.1 Å². The first kappa shape index (κ1) is 10.7. The summed E-state index contributed by atoms with van der Waals surface area (Å²) in [5, 5.41) is 0. The smallest absolute Gasteiger partial charge is 0.110 e. The Labute approximate surface area is 91.7 Å². The second-order valence-electron chi connectivity index (χ2n) is 4.58. The summed E-state index contributed by atoms with van der Waals surface area (Å²) >= 11 is 0. The minimum absolute atomic E-state index is 0.689. The van der Waals surface area contributed by atoms with E-state index in [9.17, 15) is 0 Å².